The molecule has 5 nitrogen and oxygen atoms in total. The molecule has 0 aromatic rings. The molecule has 0 rings (SSSR count). The van der Waals surface area contributed by atoms with Gasteiger partial charge >= 0.3 is 0 Å². The van der Waals surface area contributed by atoms with Crippen LogP contribution in [0.2, 0.25) is 0 Å². The zero-order valence-electron chi connectivity index (χ0n) is 8.83. The minimum atomic E-state index is -0.404. The maximum absolute atomic E-state index is 11.3. The number of rotatable bonds is 8. The second kappa shape index (κ2) is 8.93. The average molecular weight is 201 g/mol. The fourth-order valence-corrected chi connectivity index (χ4v) is 1.06. The summed E-state index contributed by atoms with van der Waals surface area (Å²) in [5.41, 5.74) is 11.0. The van der Waals surface area contributed by atoms with E-state index in [1.54, 1.807) is 7.05 Å². The van der Waals surface area contributed by atoms with Crippen LogP contribution in [0, 0.1) is 0 Å². The van der Waals surface area contributed by atoms with Crippen molar-refractivity contribution in [1.82, 2.24) is 10.6 Å². The first-order chi connectivity index (χ1) is 6.72. The summed E-state index contributed by atoms with van der Waals surface area (Å²) in [6.07, 6.45) is 2.53. The first-order valence-electron chi connectivity index (χ1n) is 5.01. The van der Waals surface area contributed by atoms with Crippen molar-refractivity contribution >= 4 is 5.91 Å². The number of nitrogens with two attached hydrogens (primary N) is 2. The van der Waals surface area contributed by atoms with Gasteiger partial charge in [-0.3, -0.25) is 4.79 Å². The summed E-state index contributed by atoms with van der Waals surface area (Å²) in [7, 11) is 1.72. The summed E-state index contributed by atoms with van der Waals surface area (Å²) in [6.45, 7) is 1.87. The Morgan fingerprint density at radius 2 is 2.21 bits per heavy atom. The molecule has 0 saturated carbocycles. The van der Waals surface area contributed by atoms with Gasteiger partial charge in [-0.2, -0.15) is 0 Å². The van der Waals surface area contributed by atoms with E-state index in [0.29, 0.717) is 26.1 Å². The maximum Gasteiger partial charge on any atom is 0.236 e. The Balaban J connectivity index is 3.44. The predicted octanol–water partition coefficient (Wildman–Crippen LogP) is -1.21. The van der Waals surface area contributed by atoms with E-state index in [2.05, 4.69) is 10.6 Å². The molecule has 0 aromatic carbocycles. The molecule has 0 aliphatic rings. The van der Waals surface area contributed by atoms with E-state index in [1.807, 2.05) is 0 Å². The molecule has 0 aliphatic heterocycles. The lowest BCUT2D eigenvalue weighted by Gasteiger charge is -2.11. The third kappa shape index (κ3) is 6.82. The van der Waals surface area contributed by atoms with E-state index in [1.165, 1.54) is 0 Å². The van der Waals surface area contributed by atoms with Crippen LogP contribution < -0.4 is 22.1 Å². The zero-order valence-corrected chi connectivity index (χ0v) is 8.83. The minimum Gasteiger partial charge on any atom is -0.353 e. The van der Waals surface area contributed by atoms with Crippen LogP contribution in [-0.4, -0.2) is 38.6 Å². The van der Waals surface area contributed by atoms with Gasteiger partial charge in [-0.15, -0.1) is 0 Å². The molecule has 14 heavy (non-hydrogen) atoms. The Bertz CT molecular complexity index is 152. The molecular formula is C9H21N4O. The Morgan fingerprint density at radius 3 is 2.79 bits per heavy atom. The number of nitrogens with one attached hydrogen (secondary N) is 1. The van der Waals surface area contributed by atoms with E-state index in [9.17, 15) is 4.79 Å². The van der Waals surface area contributed by atoms with Gasteiger partial charge in [-0.25, -0.2) is 5.32 Å². The largest absolute Gasteiger partial charge is 0.353 e. The quantitative estimate of drug-likeness (QED) is 0.430. The molecule has 0 spiro atoms. The fraction of sp³-hybridized carbons (Fsp3) is 0.889. The van der Waals surface area contributed by atoms with E-state index in [0.717, 1.165) is 12.8 Å². The summed E-state index contributed by atoms with van der Waals surface area (Å²) in [4.78, 5) is 11.3. The van der Waals surface area contributed by atoms with E-state index in [4.69, 9.17) is 11.5 Å². The topological polar surface area (TPSA) is 95.2 Å². The maximum atomic E-state index is 11.3. The molecule has 0 heterocycles. The number of nitrogens with zero attached hydrogens (tertiary/aromatic N) is 1. The summed E-state index contributed by atoms with van der Waals surface area (Å²) >= 11 is 0. The zero-order chi connectivity index (χ0) is 10.8. The van der Waals surface area contributed by atoms with E-state index in [-0.39, 0.29) is 5.91 Å². The van der Waals surface area contributed by atoms with Crippen LogP contribution >= 0.6 is 0 Å². The smallest absolute Gasteiger partial charge is 0.236 e. The summed E-state index contributed by atoms with van der Waals surface area (Å²) in [6, 6.07) is -0.404. The molecule has 0 fully saturated rings. The number of carbonyl (C=O) groups is 1. The van der Waals surface area contributed by atoms with Crippen molar-refractivity contribution in [2.24, 2.45) is 11.5 Å². The van der Waals surface area contributed by atoms with Gasteiger partial charge in [-0.05, 0) is 19.4 Å². The fourth-order valence-electron chi connectivity index (χ4n) is 1.06. The molecule has 1 amide bonds. The van der Waals surface area contributed by atoms with Crippen LogP contribution in [0.15, 0.2) is 0 Å². The first-order valence-corrected chi connectivity index (χ1v) is 5.01. The van der Waals surface area contributed by atoms with Crippen LogP contribution in [0.1, 0.15) is 19.3 Å². The highest BCUT2D eigenvalue weighted by atomic mass is 16.2. The van der Waals surface area contributed by atoms with Gasteiger partial charge < -0.3 is 16.8 Å². The van der Waals surface area contributed by atoms with Crippen molar-refractivity contribution in [3.05, 3.63) is 0 Å². The third-order valence-electron chi connectivity index (χ3n) is 1.94. The number of hydrogen-bond donors (Lipinski definition) is 3. The molecule has 83 valence electrons. The van der Waals surface area contributed by atoms with Crippen LogP contribution in [0.3, 0.4) is 0 Å². The normalized spacial score (nSPS) is 12.5. The molecular weight excluding hydrogens is 180 g/mol. The van der Waals surface area contributed by atoms with E-state index >= 15 is 0 Å². The average Bonchev–Trinajstić information content (AvgIpc) is 2.18. The standard InChI is InChI=1S/C9H21N4O/c1-12-6-7-13-9(14)8(11)4-2-3-5-10/h8H,2-7,10-11H2,1H3,(H,13,14)/t8-/m1/s1. The molecule has 5 N–H and O–H groups in total. The van der Waals surface area contributed by atoms with E-state index < -0.39 is 6.04 Å². The first kappa shape index (κ1) is 13.4. The summed E-state index contributed by atoms with van der Waals surface area (Å²) in [5.74, 6) is -0.0920. The molecule has 0 bridgehead atoms. The second-order valence-corrected chi connectivity index (χ2v) is 3.22. The van der Waals surface area contributed by atoms with Crippen molar-refractivity contribution in [2.75, 3.05) is 26.7 Å². The van der Waals surface area contributed by atoms with Gasteiger partial charge in [0.1, 0.15) is 0 Å². The van der Waals surface area contributed by atoms with Gasteiger partial charge in [0.15, 0.2) is 0 Å². The monoisotopic (exact) mass is 201 g/mol. The van der Waals surface area contributed by atoms with Crippen molar-refractivity contribution < 1.29 is 4.79 Å². The minimum absolute atomic E-state index is 0.0920. The highest BCUT2D eigenvalue weighted by Crippen LogP contribution is 1.97. The molecule has 5 heteroatoms. The highest BCUT2D eigenvalue weighted by molar-refractivity contribution is 5.81. The summed E-state index contributed by atoms with van der Waals surface area (Å²) in [5, 5.41) is 6.59. The lowest BCUT2D eigenvalue weighted by Crippen LogP contribution is -2.42. The van der Waals surface area contributed by atoms with Gasteiger partial charge in [-0.1, -0.05) is 6.42 Å². The van der Waals surface area contributed by atoms with Crippen LogP contribution in [0.5, 0.6) is 0 Å². The lowest BCUT2D eigenvalue weighted by molar-refractivity contribution is -0.122. The van der Waals surface area contributed by atoms with Gasteiger partial charge in [0, 0.05) is 20.1 Å². The number of carbonyl (C=O) groups excluding carboxylic acids is 1. The van der Waals surface area contributed by atoms with Crippen molar-refractivity contribution in [3.8, 4) is 0 Å². The number of unbranched alkanes of at least 4 members (excludes halogenated alkanes) is 1. The Morgan fingerprint density at radius 1 is 1.50 bits per heavy atom. The lowest BCUT2D eigenvalue weighted by atomic mass is 10.1. The van der Waals surface area contributed by atoms with Gasteiger partial charge in [0.2, 0.25) is 5.91 Å². The molecule has 0 aliphatic carbocycles. The highest BCUT2D eigenvalue weighted by Gasteiger charge is 2.11. The number of hydrogen-bond acceptors (Lipinski definition) is 3. The van der Waals surface area contributed by atoms with Crippen LogP contribution in [0.4, 0.5) is 0 Å². The molecule has 0 aromatic heterocycles. The van der Waals surface area contributed by atoms with Crippen LogP contribution in [-0.2, 0) is 4.79 Å². The van der Waals surface area contributed by atoms with Crippen molar-refractivity contribution in [1.29, 1.82) is 0 Å². The SMILES string of the molecule is C[N]CCNC(=O)[C@H](N)CCCCN. The Hall–Kier alpha value is -0.650. The third-order valence-corrected chi connectivity index (χ3v) is 1.94. The molecule has 0 saturated heterocycles. The molecule has 0 unspecified atom stereocenters. The van der Waals surface area contributed by atoms with Gasteiger partial charge in [0.05, 0.1) is 6.04 Å². The number of amides is 1. The number of likely N-dealkylation sites (N-methyl/N-ethyl adjacent to an activating group) is 1. The predicted molar refractivity (Wildman–Crippen MR) is 56.8 cm³/mol. The Kier molecular flexibility index (Phi) is 8.51. The van der Waals surface area contributed by atoms with Crippen LogP contribution in [0.25, 0.3) is 0 Å². The van der Waals surface area contributed by atoms with Gasteiger partial charge in [0.25, 0.3) is 0 Å². The van der Waals surface area contributed by atoms with Crippen molar-refractivity contribution in [2.45, 2.75) is 25.3 Å². The molecule has 1 radical (unpaired) electrons. The summed E-state index contributed by atoms with van der Waals surface area (Å²) < 4.78 is 0. The Labute approximate surface area is 85.6 Å². The van der Waals surface area contributed by atoms with Crippen molar-refractivity contribution in [3.63, 3.8) is 0 Å². The second-order valence-electron chi connectivity index (χ2n) is 3.22. The molecule has 1 atom stereocenters.